The van der Waals surface area contributed by atoms with Gasteiger partial charge >= 0.3 is 5.97 Å². The van der Waals surface area contributed by atoms with Crippen molar-refractivity contribution in [1.82, 2.24) is 4.31 Å². The van der Waals surface area contributed by atoms with E-state index in [0.717, 1.165) is 4.31 Å². The maximum Gasteiger partial charge on any atom is 0.303 e. The SMILES string of the molecule is CN(CCCC(=O)O)S(=O)(=O)Cc1cccc(C#N)c1. The molecule has 0 aliphatic heterocycles. The van der Waals surface area contributed by atoms with Crippen molar-refractivity contribution in [3.63, 3.8) is 0 Å². The molecule has 0 fully saturated rings. The molecule has 1 N–H and O–H groups in total. The fraction of sp³-hybridized carbons (Fsp3) is 0.385. The summed E-state index contributed by atoms with van der Waals surface area (Å²) in [6.07, 6.45) is 0.201. The molecule has 0 aliphatic rings. The minimum atomic E-state index is -3.51. The number of benzene rings is 1. The number of rotatable bonds is 7. The molecular formula is C13H16N2O4S. The fourth-order valence-electron chi connectivity index (χ4n) is 1.64. The number of carboxylic acid groups (broad SMARTS) is 1. The fourth-order valence-corrected chi connectivity index (χ4v) is 2.87. The summed E-state index contributed by atoms with van der Waals surface area (Å²) in [4.78, 5) is 10.4. The quantitative estimate of drug-likeness (QED) is 0.814. The second-order valence-corrected chi connectivity index (χ2v) is 6.46. The van der Waals surface area contributed by atoms with Crippen molar-refractivity contribution in [2.24, 2.45) is 0 Å². The van der Waals surface area contributed by atoms with Crippen LogP contribution in [-0.2, 0) is 20.6 Å². The minimum Gasteiger partial charge on any atom is -0.481 e. The van der Waals surface area contributed by atoms with E-state index in [1.54, 1.807) is 18.2 Å². The average molecular weight is 296 g/mol. The highest BCUT2D eigenvalue weighted by Gasteiger charge is 2.18. The molecule has 6 nitrogen and oxygen atoms in total. The molecule has 1 aromatic carbocycles. The molecule has 0 aromatic heterocycles. The third kappa shape index (κ3) is 4.99. The zero-order chi connectivity index (χ0) is 15.2. The largest absolute Gasteiger partial charge is 0.481 e. The zero-order valence-electron chi connectivity index (χ0n) is 11.1. The molecule has 0 heterocycles. The Labute approximate surface area is 118 Å². The first kappa shape index (κ1) is 16.1. The van der Waals surface area contributed by atoms with Crippen LogP contribution in [0.15, 0.2) is 24.3 Å². The van der Waals surface area contributed by atoms with Crippen LogP contribution in [0.4, 0.5) is 0 Å². The Balaban J connectivity index is 2.68. The van der Waals surface area contributed by atoms with Gasteiger partial charge in [-0.2, -0.15) is 5.26 Å². The van der Waals surface area contributed by atoms with Crippen molar-refractivity contribution >= 4 is 16.0 Å². The van der Waals surface area contributed by atoms with Gasteiger partial charge in [-0.25, -0.2) is 12.7 Å². The van der Waals surface area contributed by atoms with Gasteiger partial charge in [0.25, 0.3) is 0 Å². The van der Waals surface area contributed by atoms with Gasteiger partial charge in [0.05, 0.1) is 17.4 Å². The van der Waals surface area contributed by atoms with E-state index in [9.17, 15) is 13.2 Å². The summed E-state index contributed by atoms with van der Waals surface area (Å²) in [6, 6.07) is 8.36. The highest BCUT2D eigenvalue weighted by molar-refractivity contribution is 7.88. The van der Waals surface area contributed by atoms with Gasteiger partial charge in [0.15, 0.2) is 0 Å². The molecule has 0 radical (unpaired) electrons. The lowest BCUT2D eigenvalue weighted by molar-refractivity contribution is -0.137. The summed E-state index contributed by atoms with van der Waals surface area (Å²) in [5, 5.41) is 17.3. The molecule has 0 aliphatic carbocycles. The monoisotopic (exact) mass is 296 g/mol. The van der Waals surface area contributed by atoms with Gasteiger partial charge in [0, 0.05) is 20.0 Å². The molecule has 0 saturated carbocycles. The summed E-state index contributed by atoms with van der Waals surface area (Å²) in [7, 11) is -2.08. The molecule has 0 atom stereocenters. The number of carboxylic acids is 1. The number of nitriles is 1. The van der Waals surface area contributed by atoms with Crippen LogP contribution in [0.1, 0.15) is 24.0 Å². The van der Waals surface area contributed by atoms with E-state index in [2.05, 4.69) is 0 Å². The molecule has 1 rings (SSSR count). The lowest BCUT2D eigenvalue weighted by Crippen LogP contribution is -2.29. The summed E-state index contributed by atoms with van der Waals surface area (Å²) in [5.74, 6) is -1.15. The van der Waals surface area contributed by atoms with E-state index < -0.39 is 16.0 Å². The van der Waals surface area contributed by atoms with E-state index in [0.29, 0.717) is 11.1 Å². The Morgan fingerprint density at radius 2 is 2.15 bits per heavy atom. The van der Waals surface area contributed by atoms with Gasteiger partial charge in [-0.3, -0.25) is 4.79 Å². The van der Waals surface area contributed by atoms with Crippen LogP contribution in [0, 0.1) is 11.3 Å². The first-order valence-corrected chi connectivity index (χ1v) is 7.61. The van der Waals surface area contributed by atoms with E-state index in [-0.39, 0.29) is 25.1 Å². The third-order valence-electron chi connectivity index (χ3n) is 2.74. The van der Waals surface area contributed by atoms with E-state index in [4.69, 9.17) is 10.4 Å². The molecular weight excluding hydrogens is 280 g/mol. The van der Waals surface area contributed by atoms with Gasteiger partial charge in [-0.1, -0.05) is 12.1 Å². The van der Waals surface area contributed by atoms with Crippen molar-refractivity contribution < 1.29 is 18.3 Å². The van der Waals surface area contributed by atoms with Gasteiger partial charge < -0.3 is 5.11 Å². The summed E-state index contributed by atoms with van der Waals surface area (Å²) in [6.45, 7) is 0.159. The predicted molar refractivity (Wildman–Crippen MR) is 73.3 cm³/mol. The van der Waals surface area contributed by atoms with Gasteiger partial charge in [-0.05, 0) is 24.1 Å². The summed E-state index contributed by atoms with van der Waals surface area (Å²) < 4.78 is 25.3. The topological polar surface area (TPSA) is 98.5 Å². The maximum absolute atomic E-state index is 12.1. The Morgan fingerprint density at radius 3 is 2.75 bits per heavy atom. The van der Waals surface area contributed by atoms with Crippen LogP contribution in [-0.4, -0.2) is 37.4 Å². The number of hydrogen-bond acceptors (Lipinski definition) is 4. The summed E-state index contributed by atoms with van der Waals surface area (Å²) in [5.41, 5.74) is 0.945. The smallest absolute Gasteiger partial charge is 0.303 e. The summed E-state index contributed by atoms with van der Waals surface area (Å²) >= 11 is 0. The van der Waals surface area contributed by atoms with Crippen LogP contribution in [0.3, 0.4) is 0 Å². The Morgan fingerprint density at radius 1 is 1.45 bits per heavy atom. The highest BCUT2D eigenvalue weighted by atomic mass is 32.2. The number of aliphatic carboxylic acids is 1. The average Bonchev–Trinajstić information content (AvgIpc) is 2.37. The van der Waals surface area contributed by atoms with Gasteiger partial charge in [0.2, 0.25) is 10.0 Å². The van der Waals surface area contributed by atoms with Gasteiger partial charge in [-0.15, -0.1) is 0 Å². The molecule has 0 saturated heterocycles. The number of nitrogens with zero attached hydrogens (tertiary/aromatic N) is 2. The first-order valence-electron chi connectivity index (χ1n) is 6.00. The zero-order valence-corrected chi connectivity index (χ0v) is 11.9. The molecule has 20 heavy (non-hydrogen) atoms. The van der Waals surface area contributed by atoms with Crippen LogP contribution >= 0.6 is 0 Å². The van der Waals surface area contributed by atoms with Crippen LogP contribution in [0.2, 0.25) is 0 Å². The number of carbonyl (C=O) groups is 1. The Hall–Kier alpha value is -1.91. The Bertz CT molecular complexity index is 620. The second-order valence-electron chi connectivity index (χ2n) is 4.39. The molecule has 1 aromatic rings. The van der Waals surface area contributed by atoms with Crippen LogP contribution in [0.5, 0.6) is 0 Å². The number of hydrogen-bond donors (Lipinski definition) is 1. The maximum atomic E-state index is 12.1. The molecule has 0 spiro atoms. The molecule has 108 valence electrons. The van der Waals surface area contributed by atoms with Crippen molar-refractivity contribution in [3.05, 3.63) is 35.4 Å². The van der Waals surface area contributed by atoms with Crippen molar-refractivity contribution in [2.75, 3.05) is 13.6 Å². The first-order chi connectivity index (χ1) is 9.35. The van der Waals surface area contributed by atoms with E-state index in [1.807, 2.05) is 6.07 Å². The standard InChI is InChI=1S/C13H16N2O4S/c1-15(7-3-6-13(16)17)20(18,19)10-12-5-2-4-11(8-12)9-14/h2,4-5,8H,3,6-7,10H2,1H3,(H,16,17). The lowest BCUT2D eigenvalue weighted by atomic mass is 10.2. The lowest BCUT2D eigenvalue weighted by Gasteiger charge is -2.16. The van der Waals surface area contributed by atoms with Crippen molar-refractivity contribution in [2.45, 2.75) is 18.6 Å². The van der Waals surface area contributed by atoms with Crippen molar-refractivity contribution in [3.8, 4) is 6.07 Å². The second kappa shape index (κ2) is 7.03. The number of sulfonamides is 1. The third-order valence-corrected chi connectivity index (χ3v) is 4.57. The molecule has 0 unspecified atom stereocenters. The molecule has 7 heteroatoms. The van der Waals surface area contributed by atoms with Crippen LogP contribution < -0.4 is 0 Å². The normalized spacial score (nSPS) is 11.2. The van der Waals surface area contributed by atoms with E-state index in [1.165, 1.54) is 13.1 Å². The minimum absolute atomic E-state index is 0.0657. The highest BCUT2D eigenvalue weighted by Crippen LogP contribution is 2.12. The van der Waals surface area contributed by atoms with Crippen molar-refractivity contribution in [1.29, 1.82) is 5.26 Å². The molecule has 0 amide bonds. The molecule has 0 bridgehead atoms. The van der Waals surface area contributed by atoms with E-state index >= 15 is 0 Å². The predicted octanol–water partition coefficient (Wildman–Crippen LogP) is 1.18. The van der Waals surface area contributed by atoms with Crippen LogP contribution in [0.25, 0.3) is 0 Å². The Kier molecular flexibility index (Phi) is 5.67. The van der Waals surface area contributed by atoms with Gasteiger partial charge in [0.1, 0.15) is 0 Å².